The molecule has 0 unspecified atom stereocenters. The molecule has 0 saturated heterocycles. The van der Waals surface area contributed by atoms with Crippen molar-refractivity contribution in [3.05, 3.63) is 42.4 Å². The molecule has 0 radical (unpaired) electrons. The van der Waals surface area contributed by atoms with Crippen molar-refractivity contribution in [1.82, 2.24) is 9.97 Å². The van der Waals surface area contributed by atoms with E-state index in [4.69, 9.17) is 0 Å². The number of aromatic nitrogens is 2. The van der Waals surface area contributed by atoms with E-state index in [1.807, 2.05) is 6.07 Å². The molecule has 0 aromatic carbocycles. The van der Waals surface area contributed by atoms with Crippen molar-refractivity contribution < 1.29 is 9.90 Å². The number of carboxylic acids is 1. The molecule has 2 heterocycles. The van der Waals surface area contributed by atoms with Crippen molar-refractivity contribution in [2.45, 2.75) is 0 Å². The Morgan fingerprint density at radius 1 is 1.35 bits per heavy atom. The smallest absolute Gasteiger partial charge is 0.340 e. The fourth-order valence-electron chi connectivity index (χ4n) is 1.63. The van der Waals surface area contributed by atoms with Crippen LogP contribution in [0.25, 0.3) is 11.1 Å². The predicted molar refractivity (Wildman–Crippen MR) is 64.0 cm³/mol. The van der Waals surface area contributed by atoms with E-state index >= 15 is 0 Å². The number of hydrogen-bond donors (Lipinski definition) is 2. The average Bonchev–Trinajstić information content (AvgIpc) is 2.38. The van der Waals surface area contributed by atoms with Gasteiger partial charge in [0.25, 0.3) is 0 Å². The number of anilines is 1. The maximum absolute atomic E-state index is 11.3. The first-order valence-electron chi connectivity index (χ1n) is 5.04. The minimum absolute atomic E-state index is 0.156. The molecule has 86 valence electrons. The Balaban J connectivity index is 2.66. The second-order valence-electron chi connectivity index (χ2n) is 3.38. The Morgan fingerprint density at radius 2 is 2.18 bits per heavy atom. The molecule has 0 saturated carbocycles. The summed E-state index contributed by atoms with van der Waals surface area (Å²) in [7, 11) is 1.64. The van der Waals surface area contributed by atoms with Gasteiger partial charge in [0.1, 0.15) is 11.4 Å². The monoisotopic (exact) mass is 229 g/mol. The fraction of sp³-hybridized carbons (Fsp3) is 0.0833. The first-order valence-corrected chi connectivity index (χ1v) is 5.04. The summed E-state index contributed by atoms with van der Waals surface area (Å²) in [5.41, 5.74) is 1.51. The molecule has 0 atom stereocenters. The van der Waals surface area contributed by atoms with Crippen molar-refractivity contribution in [2.75, 3.05) is 12.4 Å². The van der Waals surface area contributed by atoms with Gasteiger partial charge in [-0.2, -0.15) is 0 Å². The molecule has 5 heteroatoms. The van der Waals surface area contributed by atoms with Gasteiger partial charge in [-0.1, -0.05) is 6.07 Å². The van der Waals surface area contributed by atoms with Gasteiger partial charge < -0.3 is 10.4 Å². The molecule has 5 nitrogen and oxygen atoms in total. The van der Waals surface area contributed by atoms with Gasteiger partial charge in [0.05, 0.1) is 0 Å². The third-order valence-corrected chi connectivity index (χ3v) is 2.37. The number of aromatic carboxylic acids is 1. The normalized spacial score (nSPS) is 9.94. The molecule has 2 rings (SSSR count). The van der Waals surface area contributed by atoms with Gasteiger partial charge in [-0.25, -0.2) is 9.78 Å². The van der Waals surface area contributed by atoms with Crippen LogP contribution in [-0.2, 0) is 0 Å². The Labute approximate surface area is 98.2 Å². The van der Waals surface area contributed by atoms with E-state index in [0.717, 1.165) is 5.56 Å². The van der Waals surface area contributed by atoms with Gasteiger partial charge in [-0.15, -0.1) is 0 Å². The second kappa shape index (κ2) is 4.61. The highest BCUT2D eigenvalue weighted by Crippen LogP contribution is 2.26. The lowest BCUT2D eigenvalue weighted by molar-refractivity contribution is 0.0698. The molecule has 0 fully saturated rings. The lowest BCUT2D eigenvalue weighted by Gasteiger charge is -2.09. The van der Waals surface area contributed by atoms with Crippen LogP contribution in [0.4, 0.5) is 5.82 Å². The summed E-state index contributed by atoms with van der Waals surface area (Å²) in [5, 5.41) is 12.0. The summed E-state index contributed by atoms with van der Waals surface area (Å²) in [6, 6.07) is 5.25. The van der Waals surface area contributed by atoms with Crippen molar-refractivity contribution in [2.24, 2.45) is 0 Å². The van der Waals surface area contributed by atoms with Gasteiger partial charge in [0.2, 0.25) is 0 Å². The number of carbonyl (C=O) groups is 1. The highest BCUT2D eigenvalue weighted by atomic mass is 16.4. The lowest BCUT2D eigenvalue weighted by Crippen LogP contribution is -2.07. The second-order valence-corrected chi connectivity index (χ2v) is 3.38. The number of nitrogens with zero attached hydrogens (tertiary/aromatic N) is 2. The van der Waals surface area contributed by atoms with Crippen molar-refractivity contribution >= 4 is 11.8 Å². The van der Waals surface area contributed by atoms with Gasteiger partial charge in [0, 0.05) is 36.8 Å². The third-order valence-electron chi connectivity index (χ3n) is 2.37. The van der Waals surface area contributed by atoms with Crippen LogP contribution < -0.4 is 5.32 Å². The number of carboxylic acid groups (broad SMARTS) is 1. The van der Waals surface area contributed by atoms with Crippen molar-refractivity contribution in [1.29, 1.82) is 0 Å². The Hall–Kier alpha value is -2.43. The Bertz CT molecular complexity index is 541. The van der Waals surface area contributed by atoms with Crippen molar-refractivity contribution in [3.63, 3.8) is 0 Å². The quantitative estimate of drug-likeness (QED) is 0.840. The molecule has 0 bridgehead atoms. The molecule has 0 aliphatic heterocycles. The fourth-order valence-corrected chi connectivity index (χ4v) is 1.63. The summed E-state index contributed by atoms with van der Waals surface area (Å²) >= 11 is 0. The molecule has 2 aromatic rings. The summed E-state index contributed by atoms with van der Waals surface area (Å²) in [6.07, 6.45) is 4.84. The summed E-state index contributed by atoms with van der Waals surface area (Å²) < 4.78 is 0. The Kier molecular flexibility index (Phi) is 3.00. The largest absolute Gasteiger partial charge is 0.478 e. The Morgan fingerprint density at radius 3 is 2.76 bits per heavy atom. The van der Waals surface area contributed by atoms with E-state index in [1.165, 1.54) is 0 Å². The van der Waals surface area contributed by atoms with Gasteiger partial charge in [-0.05, 0) is 12.1 Å². The van der Waals surface area contributed by atoms with Crippen LogP contribution in [-0.4, -0.2) is 28.1 Å². The predicted octanol–water partition coefficient (Wildman–Crippen LogP) is 1.88. The van der Waals surface area contributed by atoms with Gasteiger partial charge >= 0.3 is 5.97 Å². The molecule has 17 heavy (non-hydrogen) atoms. The maximum atomic E-state index is 11.3. The molecule has 2 aromatic heterocycles. The van der Waals surface area contributed by atoms with E-state index in [2.05, 4.69) is 15.3 Å². The number of hydrogen-bond acceptors (Lipinski definition) is 4. The summed E-state index contributed by atoms with van der Waals surface area (Å²) in [6.45, 7) is 0. The molecule has 2 N–H and O–H groups in total. The highest BCUT2D eigenvalue weighted by Gasteiger charge is 2.17. The average molecular weight is 229 g/mol. The minimum Gasteiger partial charge on any atom is -0.478 e. The molecule has 0 aliphatic rings. The van der Waals surface area contributed by atoms with Gasteiger partial charge in [-0.3, -0.25) is 4.98 Å². The van der Waals surface area contributed by atoms with Crippen LogP contribution in [0.2, 0.25) is 0 Å². The third kappa shape index (κ3) is 2.08. The first-order chi connectivity index (χ1) is 8.24. The van der Waals surface area contributed by atoms with Crippen LogP contribution in [0.15, 0.2) is 36.8 Å². The van der Waals surface area contributed by atoms with Crippen LogP contribution >= 0.6 is 0 Å². The molecule has 0 amide bonds. The van der Waals surface area contributed by atoms with Crippen LogP contribution in [0.1, 0.15) is 10.4 Å². The number of nitrogens with one attached hydrogen (secondary N) is 1. The molecular weight excluding hydrogens is 218 g/mol. The zero-order valence-corrected chi connectivity index (χ0v) is 9.21. The number of pyridine rings is 2. The minimum atomic E-state index is -1.01. The van der Waals surface area contributed by atoms with Crippen molar-refractivity contribution in [3.8, 4) is 11.1 Å². The van der Waals surface area contributed by atoms with Crippen LogP contribution in [0.5, 0.6) is 0 Å². The molecule has 0 spiro atoms. The summed E-state index contributed by atoms with van der Waals surface area (Å²) in [5.74, 6) is -0.667. The van der Waals surface area contributed by atoms with Crippen LogP contribution in [0.3, 0.4) is 0 Å². The topological polar surface area (TPSA) is 75.1 Å². The van der Waals surface area contributed by atoms with E-state index in [0.29, 0.717) is 11.4 Å². The van der Waals surface area contributed by atoms with E-state index < -0.39 is 5.97 Å². The van der Waals surface area contributed by atoms with E-state index in [9.17, 15) is 9.90 Å². The summed E-state index contributed by atoms with van der Waals surface area (Å²) in [4.78, 5) is 19.2. The highest BCUT2D eigenvalue weighted by molar-refractivity contribution is 6.00. The van der Waals surface area contributed by atoms with Crippen LogP contribution in [0, 0.1) is 0 Å². The molecule has 0 aliphatic carbocycles. The lowest BCUT2D eigenvalue weighted by atomic mass is 10.0. The molecular formula is C12H11N3O2. The first kappa shape index (κ1) is 11.1. The number of rotatable bonds is 3. The van der Waals surface area contributed by atoms with Gasteiger partial charge in [0.15, 0.2) is 0 Å². The van der Waals surface area contributed by atoms with E-state index in [-0.39, 0.29) is 5.56 Å². The standard InChI is InChI=1S/C12H11N3O2/c1-13-11-10(12(16)17)9(4-6-15-11)8-3-2-5-14-7-8/h2-7H,1H3,(H,13,15)(H,16,17). The SMILES string of the molecule is CNc1nccc(-c2cccnc2)c1C(=O)O. The maximum Gasteiger partial charge on any atom is 0.340 e. The zero-order valence-electron chi connectivity index (χ0n) is 9.21. The zero-order chi connectivity index (χ0) is 12.3. The van der Waals surface area contributed by atoms with E-state index in [1.54, 1.807) is 37.8 Å².